The maximum atomic E-state index is 5.76. The minimum atomic E-state index is 0.0191. The number of nitrogens with zero attached hydrogens (tertiary/aromatic N) is 1. The van der Waals surface area contributed by atoms with Gasteiger partial charge in [-0.2, -0.15) is 0 Å². The molecule has 4 heteroatoms. The Balaban J connectivity index is 1.41. The molecular weight excluding hydrogens is 324 g/mol. The van der Waals surface area contributed by atoms with Crippen LogP contribution in [0.4, 0.5) is 5.69 Å². The van der Waals surface area contributed by atoms with E-state index in [9.17, 15) is 0 Å². The van der Waals surface area contributed by atoms with Gasteiger partial charge in [0.25, 0.3) is 0 Å². The fourth-order valence-electron chi connectivity index (χ4n) is 2.74. The van der Waals surface area contributed by atoms with Crippen molar-refractivity contribution in [2.45, 2.75) is 27.2 Å². The lowest BCUT2D eigenvalue weighted by atomic mass is 9.87. The Morgan fingerprint density at radius 2 is 1.42 bits per heavy atom. The van der Waals surface area contributed by atoms with E-state index in [4.69, 9.17) is 15.2 Å². The molecule has 0 atom stereocenters. The summed E-state index contributed by atoms with van der Waals surface area (Å²) >= 11 is 0. The van der Waals surface area contributed by atoms with Crippen LogP contribution in [0.25, 0.3) is 0 Å². The van der Waals surface area contributed by atoms with E-state index >= 15 is 0 Å². The number of benzene rings is 2. The quantitative estimate of drug-likeness (QED) is 0.586. The summed E-state index contributed by atoms with van der Waals surface area (Å²) in [6.45, 7) is 7.40. The SMILES string of the molecule is CC(C)(C)C1=NC=C1OCCOc1ccc(Cc2ccc(N)cc2)cc1. The third-order valence-corrected chi connectivity index (χ3v) is 4.18. The summed E-state index contributed by atoms with van der Waals surface area (Å²) in [5, 5.41) is 0. The van der Waals surface area contributed by atoms with E-state index in [-0.39, 0.29) is 5.41 Å². The predicted octanol–water partition coefficient (Wildman–Crippen LogP) is 4.60. The van der Waals surface area contributed by atoms with Gasteiger partial charge in [0.2, 0.25) is 0 Å². The minimum Gasteiger partial charge on any atom is -0.490 e. The van der Waals surface area contributed by atoms with Crippen LogP contribution in [0, 0.1) is 5.41 Å². The zero-order valence-corrected chi connectivity index (χ0v) is 15.7. The van der Waals surface area contributed by atoms with Gasteiger partial charge in [0.15, 0.2) is 5.76 Å². The molecule has 0 bridgehead atoms. The van der Waals surface area contributed by atoms with Crippen LogP contribution in [0.2, 0.25) is 0 Å². The van der Waals surface area contributed by atoms with E-state index in [0.717, 1.165) is 29.3 Å². The molecule has 136 valence electrons. The maximum Gasteiger partial charge on any atom is 0.159 e. The first-order chi connectivity index (χ1) is 12.4. The van der Waals surface area contributed by atoms with Gasteiger partial charge in [-0.1, -0.05) is 45.0 Å². The molecular formula is C22H26N2O2. The molecule has 1 aliphatic rings. The number of hydrogen-bond acceptors (Lipinski definition) is 4. The van der Waals surface area contributed by atoms with Crippen LogP contribution in [0.3, 0.4) is 0 Å². The second-order valence-electron chi connectivity index (χ2n) is 7.48. The first-order valence-electron chi connectivity index (χ1n) is 8.89. The molecule has 3 rings (SSSR count). The fourth-order valence-corrected chi connectivity index (χ4v) is 2.74. The van der Waals surface area contributed by atoms with Crippen molar-refractivity contribution < 1.29 is 9.47 Å². The summed E-state index contributed by atoms with van der Waals surface area (Å²) in [4.78, 5) is 4.29. The lowest BCUT2D eigenvalue weighted by Crippen LogP contribution is -2.28. The van der Waals surface area contributed by atoms with Gasteiger partial charge in [-0.3, -0.25) is 4.99 Å². The molecule has 0 saturated heterocycles. The summed E-state index contributed by atoms with van der Waals surface area (Å²) in [6, 6.07) is 16.1. The van der Waals surface area contributed by atoms with E-state index in [1.54, 1.807) is 6.20 Å². The highest BCUT2D eigenvalue weighted by Crippen LogP contribution is 2.27. The topological polar surface area (TPSA) is 56.8 Å². The number of ether oxygens (including phenoxy) is 2. The molecule has 0 spiro atoms. The van der Waals surface area contributed by atoms with Crippen molar-refractivity contribution in [3.05, 3.63) is 71.6 Å². The number of nitrogens with two attached hydrogens (primary N) is 1. The van der Waals surface area contributed by atoms with E-state index < -0.39 is 0 Å². The first-order valence-corrected chi connectivity index (χ1v) is 8.89. The van der Waals surface area contributed by atoms with E-state index in [1.165, 1.54) is 11.1 Å². The molecule has 0 unspecified atom stereocenters. The number of rotatable bonds is 7. The van der Waals surface area contributed by atoms with Crippen LogP contribution < -0.4 is 10.5 Å². The monoisotopic (exact) mass is 350 g/mol. The highest BCUT2D eigenvalue weighted by molar-refractivity contribution is 6.06. The zero-order chi connectivity index (χ0) is 18.6. The van der Waals surface area contributed by atoms with Crippen LogP contribution in [0.15, 0.2) is 65.5 Å². The molecule has 0 radical (unpaired) electrons. The predicted molar refractivity (Wildman–Crippen MR) is 107 cm³/mol. The van der Waals surface area contributed by atoms with Crippen molar-refractivity contribution in [3.8, 4) is 5.75 Å². The molecule has 2 aromatic carbocycles. The van der Waals surface area contributed by atoms with Crippen molar-refractivity contribution in [2.75, 3.05) is 18.9 Å². The Hall–Kier alpha value is -2.75. The van der Waals surface area contributed by atoms with Crippen molar-refractivity contribution >= 4 is 11.4 Å². The molecule has 0 aromatic heterocycles. The van der Waals surface area contributed by atoms with Gasteiger partial charge >= 0.3 is 0 Å². The smallest absolute Gasteiger partial charge is 0.159 e. The highest BCUT2D eigenvalue weighted by Gasteiger charge is 2.28. The average molecular weight is 350 g/mol. The Morgan fingerprint density at radius 1 is 0.846 bits per heavy atom. The summed E-state index contributed by atoms with van der Waals surface area (Å²) in [5.41, 5.74) is 10.0. The third-order valence-electron chi connectivity index (χ3n) is 4.18. The number of aliphatic imine (C=N–C) groups is 1. The lowest BCUT2D eigenvalue weighted by Gasteiger charge is -2.27. The highest BCUT2D eigenvalue weighted by atomic mass is 16.5. The molecule has 2 aromatic rings. The molecule has 1 aliphatic heterocycles. The van der Waals surface area contributed by atoms with Gasteiger partial charge in [0, 0.05) is 11.1 Å². The second-order valence-corrected chi connectivity index (χ2v) is 7.48. The minimum absolute atomic E-state index is 0.0191. The molecule has 26 heavy (non-hydrogen) atoms. The maximum absolute atomic E-state index is 5.76. The molecule has 0 fully saturated rings. The van der Waals surface area contributed by atoms with E-state index in [1.807, 2.05) is 24.3 Å². The zero-order valence-electron chi connectivity index (χ0n) is 15.7. The number of anilines is 1. The molecule has 0 saturated carbocycles. The molecule has 2 N–H and O–H groups in total. The average Bonchev–Trinajstić information content (AvgIpc) is 2.55. The standard InChI is InChI=1S/C22H26N2O2/c1-22(2,3)21-20(15-24-21)26-13-12-25-19-10-6-17(7-11-19)14-16-4-8-18(23)9-5-16/h4-11,15H,12-14,23H2,1-3H3. The first kappa shape index (κ1) is 18.1. The van der Waals surface area contributed by atoms with Gasteiger partial charge in [-0.05, 0) is 41.8 Å². The normalized spacial score (nSPS) is 13.5. The van der Waals surface area contributed by atoms with Gasteiger partial charge in [-0.15, -0.1) is 0 Å². The molecule has 0 aliphatic carbocycles. The van der Waals surface area contributed by atoms with Gasteiger partial charge in [0.1, 0.15) is 19.0 Å². The lowest BCUT2D eigenvalue weighted by molar-refractivity contribution is 0.163. The number of allylic oxidation sites excluding steroid dienone is 1. The summed E-state index contributed by atoms with van der Waals surface area (Å²) in [5.74, 6) is 1.72. The third kappa shape index (κ3) is 4.66. The second kappa shape index (κ2) is 7.65. The van der Waals surface area contributed by atoms with Crippen LogP contribution >= 0.6 is 0 Å². The summed E-state index contributed by atoms with van der Waals surface area (Å²) < 4.78 is 11.5. The Kier molecular flexibility index (Phi) is 5.31. The van der Waals surface area contributed by atoms with Gasteiger partial charge < -0.3 is 15.2 Å². The Morgan fingerprint density at radius 3 is 1.96 bits per heavy atom. The van der Waals surface area contributed by atoms with E-state index in [2.05, 4.69) is 50.0 Å². The van der Waals surface area contributed by atoms with Crippen molar-refractivity contribution in [2.24, 2.45) is 10.4 Å². The Labute approximate surface area is 155 Å². The molecule has 0 amide bonds. The summed E-state index contributed by atoms with van der Waals surface area (Å²) in [6.07, 6.45) is 2.65. The largest absolute Gasteiger partial charge is 0.490 e. The fraction of sp³-hybridized carbons (Fsp3) is 0.318. The molecule has 4 nitrogen and oxygen atoms in total. The Bertz CT molecular complexity index is 798. The van der Waals surface area contributed by atoms with Crippen LogP contribution in [-0.2, 0) is 11.2 Å². The number of hydrogen-bond donors (Lipinski definition) is 1. The van der Waals surface area contributed by atoms with Crippen LogP contribution in [0.1, 0.15) is 31.9 Å². The van der Waals surface area contributed by atoms with Crippen molar-refractivity contribution in [1.29, 1.82) is 0 Å². The van der Waals surface area contributed by atoms with Gasteiger partial charge in [-0.25, -0.2) is 0 Å². The van der Waals surface area contributed by atoms with Crippen LogP contribution in [0.5, 0.6) is 5.75 Å². The van der Waals surface area contributed by atoms with Crippen LogP contribution in [-0.4, -0.2) is 18.9 Å². The summed E-state index contributed by atoms with van der Waals surface area (Å²) in [7, 11) is 0. The van der Waals surface area contributed by atoms with Gasteiger partial charge in [0.05, 0.1) is 11.9 Å². The van der Waals surface area contributed by atoms with E-state index in [0.29, 0.717) is 13.2 Å². The molecule has 1 heterocycles. The van der Waals surface area contributed by atoms with Crippen molar-refractivity contribution in [1.82, 2.24) is 0 Å². The van der Waals surface area contributed by atoms with Crippen molar-refractivity contribution in [3.63, 3.8) is 0 Å². The number of nitrogen functional groups attached to an aromatic ring is 1.